The van der Waals surface area contributed by atoms with Crippen molar-refractivity contribution in [3.63, 3.8) is 0 Å². The topological polar surface area (TPSA) is 82.7 Å². The summed E-state index contributed by atoms with van der Waals surface area (Å²) in [4.78, 5) is 13.2. The van der Waals surface area contributed by atoms with Gasteiger partial charge in [-0.1, -0.05) is 11.6 Å². The van der Waals surface area contributed by atoms with Crippen molar-refractivity contribution < 1.29 is 0 Å². The molecule has 0 unspecified atom stereocenters. The predicted octanol–water partition coefficient (Wildman–Crippen LogP) is 0.312. The maximum atomic E-state index is 10.9. The first kappa shape index (κ1) is 7.81. The van der Waals surface area contributed by atoms with Gasteiger partial charge in [-0.3, -0.25) is 10.2 Å². The van der Waals surface area contributed by atoms with Crippen LogP contribution >= 0.6 is 11.6 Å². The standard InChI is InChI=1S/C6H6ClN3O/c7-4-2-1-3(5(8)9)6(11)10-4/h1-2H,(H3,8,9)(H,10,11). The molecule has 0 bridgehead atoms. The maximum absolute atomic E-state index is 10.9. The largest absolute Gasteiger partial charge is 0.384 e. The molecular formula is C6H6ClN3O. The van der Waals surface area contributed by atoms with Crippen LogP contribution in [0.2, 0.25) is 5.15 Å². The third kappa shape index (κ3) is 1.59. The number of aromatic nitrogens is 1. The summed E-state index contributed by atoms with van der Waals surface area (Å²) >= 11 is 5.45. The van der Waals surface area contributed by atoms with Gasteiger partial charge in [-0.15, -0.1) is 0 Å². The van der Waals surface area contributed by atoms with Gasteiger partial charge in [0.2, 0.25) is 0 Å². The Balaban J connectivity index is 3.32. The Labute approximate surface area is 67.5 Å². The number of nitrogens with one attached hydrogen (secondary N) is 2. The number of nitrogens with two attached hydrogens (primary N) is 1. The molecule has 4 nitrogen and oxygen atoms in total. The number of amidine groups is 1. The van der Waals surface area contributed by atoms with Crippen molar-refractivity contribution in [2.45, 2.75) is 0 Å². The minimum Gasteiger partial charge on any atom is -0.384 e. The molecule has 11 heavy (non-hydrogen) atoms. The smallest absolute Gasteiger partial charge is 0.260 e. The zero-order valence-electron chi connectivity index (χ0n) is 5.52. The van der Waals surface area contributed by atoms with Crippen molar-refractivity contribution in [1.82, 2.24) is 4.98 Å². The third-order valence-electron chi connectivity index (χ3n) is 1.16. The van der Waals surface area contributed by atoms with Crippen molar-refractivity contribution in [2.75, 3.05) is 0 Å². The molecule has 0 atom stereocenters. The second kappa shape index (κ2) is 2.75. The molecule has 0 aliphatic rings. The molecule has 0 saturated heterocycles. The van der Waals surface area contributed by atoms with Gasteiger partial charge in [0.15, 0.2) is 0 Å². The highest BCUT2D eigenvalue weighted by Gasteiger charge is 2.01. The van der Waals surface area contributed by atoms with Crippen LogP contribution in [0, 0.1) is 5.41 Å². The first-order chi connectivity index (χ1) is 5.11. The van der Waals surface area contributed by atoms with Crippen molar-refractivity contribution in [1.29, 1.82) is 5.41 Å². The van der Waals surface area contributed by atoms with Gasteiger partial charge in [-0.05, 0) is 12.1 Å². The van der Waals surface area contributed by atoms with Crippen molar-refractivity contribution in [3.05, 3.63) is 33.2 Å². The lowest BCUT2D eigenvalue weighted by Gasteiger charge is -1.95. The van der Waals surface area contributed by atoms with Gasteiger partial charge in [0.05, 0.1) is 5.56 Å². The van der Waals surface area contributed by atoms with Crippen LogP contribution in [-0.2, 0) is 0 Å². The number of nitrogen functional groups attached to an aromatic ring is 1. The molecular weight excluding hydrogens is 166 g/mol. The number of hydrogen-bond acceptors (Lipinski definition) is 2. The highest BCUT2D eigenvalue weighted by atomic mass is 35.5. The molecule has 0 spiro atoms. The van der Waals surface area contributed by atoms with E-state index in [9.17, 15) is 4.79 Å². The first-order valence-electron chi connectivity index (χ1n) is 2.84. The summed E-state index contributed by atoms with van der Waals surface area (Å²) in [5.74, 6) is -0.261. The monoisotopic (exact) mass is 171 g/mol. The lowest BCUT2D eigenvalue weighted by molar-refractivity contribution is 1.21. The molecule has 0 saturated carbocycles. The highest BCUT2D eigenvalue weighted by molar-refractivity contribution is 6.29. The normalized spacial score (nSPS) is 9.55. The van der Waals surface area contributed by atoms with Gasteiger partial charge in [0, 0.05) is 0 Å². The summed E-state index contributed by atoms with van der Waals surface area (Å²) < 4.78 is 0. The van der Waals surface area contributed by atoms with Gasteiger partial charge in [0.1, 0.15) is 11.0 Å². The second-order valence-electron chi connectivity index (χ2n) is 1.96. The van der Waals surface area contributed by atoms with E-state index in [-0.39, 0.29) is 16.6 Å². The van der Waals surface area contributed by atoms with E-state index in [1.165, 1.54) is 12.1 Å². The van der Waals surface area contributed by atoms with Crippen LogP contribution in [-0.4, -0.2) is 10.8 Å². The summed E-state index contributed by atoms with van der Waals surface area (Å²) in [6.07, 6.45) is 0. The summed E-state index contributed by atoms with van der Waals surface area (Å²) in [5.41, 5.74) is 4.78. The summed E-state index contributed by atoms with van der Waals surface area (Å²) in [5, 5.41) is 7.20. The van der Waals surface area contributed by atoms with Crippen LogP contribution in [0.15, 0.2) is 16.9 Å². The van der Waals surface area contributed by atoms with E-state index < -0.39 is 5.56 Å². The lowest BCUT2D eigenvalue weighted by atomic mass is 10.3. The molecule has 0 radical (unpaired) electrons. The molecule has 58 valence electrons. The Bertz CT molecular complexity index is 344. The third-order valence-corrected chi connectivity index (χ3v) is 1.38. The van der Waals surface area contributed by atoms with Crippen molar-refractivity contribution in [2.24, 2.45) is 5.73 Å². The molecule has 1 heterocycles. The van der Waals surface area contributed by atoms with Crippen LogP contribution < -0.4 is 11.3 Å². The van der Waals surface area contributed by atoms with Crippen LogP contribution in [0.3, 0.4) is 0 Å². The quantitative estimate of drug-likeness (QED) is 0.323. The van der Waals surface area contributed by atoms with Gasteiger partial charge < -0.3 is 10.7 Å². The summed E-state index contributed by atoms with van der Waals surface area (Å²) in [6.45, 7) is 0. The predicted molar refractivity (Wildman–Crippen MR) is 43.1 cm³/mol. The van der Waals surface area contributed by atoms with Crippen LogP contribution in [0.1, 0.15) is 5.56 Å². The fourth-order valence-corrected chi connectivity index (χ4v) is 0.811. The molecule has 0 aliphatic carbocycles. The SMILES string of the molecule is N=C(N)c1ccc(Cl)[nH]c1=O. The van der Waals surface area contributed by atoms with Crippen molar-refractivity contribution >= 4 is 17.4 Å². The Kier molecular flexibility index (Phi) is 1.96. The lowest BCUT2D eigenvalue weighted by Crippen LogP contribution is -2.22. The van der Waals surface area contributed by atoms with Gasteiger partial charge >= 0.3 is 0 Å². The number of halogens is 1. The Morgan fingerprint density at radius 1 is 1.64 bits per heavy atom. The molecule has 1 aromatic heterocycles. The molecule has 1 rings (SSSR count). The van der Waals surface area contributed by atoms with Crippen LogP contribution in [0.4, 0.5) is 0 Å². The number of rotatable bonds is 1. The van der Waals surface area contributed by atoms with Gasteiger partial charge in [-0.25, -0.2) is 0 Å². The average molecular weight is 172 g/mol. The average Bonchev–Trinajstić information content (AvgIpc) is 1.85. The highest BCUT2D eigenvalue weighted by Crippen LogP contribution is 1.99. The minimum absolute atomic E-state index is 0.134. The first-order valence-corrected chi connectivity index (χ1v) is 3.22. The summed E-state index contributed by atoms with van der Waals surface area (Å²) in [6, 6.07) is 2.88. The van der Waals surface area contributed by atoms with E-state index in [1.807, 2.05) is 0 Å². The van der Waals surface area contributed by atoms with E-state index in [0.717, 1.165) is 0 Å². The Hall–Kier alpha value is -1.29. The molecule has 1 aromatic rings. The van der Waals surface area contributed by atoms with E-state index in [0.29, 0.717) is 0 Å². The molecule has 0 amide bonds. The van der Waals surface area contributed by atoms with E-state index in [1.54, 1.807) is 0 Å². The van der Waals surface area contributed by atoms with Gasteiger partial charge in [0.25, 0.3) is 5.56 Å². The number of H-pyrrole nitrogens is 1. The molecule has 0 aromatic carbocycles. The maximum Gasteiger partial charge on any atom is 0.260 e. The molecule has 4 N–H and O–H groups in total. The summed E-state index contributed by atoms with van der Waals surface area (Å²) in [7, 11) is 0. The molecule has 0 fully saturated rings. The minimum atomic E-state index is -0.440. The van der Waals surface area contributed by atoms with E-state index >= 15 is 0 Å². The molecule has 5 heteroatoms. The number of pyridine rings is 1. The Morgan fingerprint density at radius 2 is 2.27 bits per heavy atom. The van der Waals surface area contributed by atoms with Gasteiger partial charge in [-0.2, -0.15) is 0 Å². The van der Waals surface area contributed by atoms with Crippen LogP contribution in [0.25, 0.3) is 0 Å². The number of hydrogen-bond donors (Lipinski definition) is 3. The van der Waals surface area contributed by atoms with E-state index in [2.05, 4.69) is 4.98 Å². The fourth-order valence-electron chi connectivity index (χ4n) is 0.662. The zero-order valence-corrected chi connectivity index (χ0v) is 6.27. The van der Waals surface area contributed by atoms with E-state index in [4.69, 9.17) is 22.7 Å². The van der Waals surface area contributed by atoms with Crippen molar-refractivity contribution in [3.8, 4) is 0 Å². The molecule has 0 aliphatic heterocycles. The number of aromatic amines is 1. The van der Waals surface area contributed by atoms with Crippen LogP contribution in [0.5, 0.6) is 0 Å². The fraction of sp³-hybridized carbons (Fsp3) is 0. The second-order valence-corrected chi connectivity index (χ2v) is 2.37. The Morgan fingerprint density at radius 3 is 2.73 bits per heavy atom. The zero-order chi connectivity index (χ0) is 8.43.